The Morgan fingerprint density at radius 1 is 1.58 bits per heavy atom. The van der Waals surface area contributed by atoms with Crippen LogP contribution in [0, 0.1) is 0 Å². The summed E-state index contributed by atoms with van der Waals surface area (Å²) in [6.07, 6.45) is 5.76. The van der Waals surface area contributed by atoms with E-state index in [-0.39, 0.29) is 6.04 Å². The normalized spacial score (nSPS) is 21.5. The lowest BCUT2D eigenvalue weighted by Crippen LogP contribution is -2.33. The summed E-state index contributed by atoms with van der Waals surface area (Å²) >= 11 is 0. The summed E-state index contributed by atoms with van der Waals surface area (Å²) in [7, 11) is 1.67. The molecule has 1 heterocycles. The summed E-state index contributed by atoms with van der Waals surface area (Å²) in [4.78, 5) is 0. The lowest BCUT2D eigenvalue weighted by atomic mass is 10.2. The second-order valence-corrected chi connectivity index (χ2v) is 2.51. The number of nitrogens with one attached hydrogen (secondary N) is 1. The van der Waals surface area contributed by atoms with Crippen LogP contribution in [0.25, 0.3) is 0 Å². The summed E-state index contributed by atoms with van der Waals surface area (Å²) < 4.78 is 10.5. The van der Waals surface area contributed by atoms with Gasteiger partial charge < -0.3 is 14.8 Å². The van der Waals surface area contributed by atoms with Crippen molar-refractivity contribution in [1.29, 1.82) is 0 Å². The van der Waals surface area contributed by atoms with Gasteiger partial charge in [-0.3, -0.25) is 0 Å². The molecule has 0 saturated carbocycles. The van der Waals surface area contributed by atoms with Gasteiger partial charge in [0.1, 0.15) is 11.8 Å². The van der Waals surface area contributed by atoms with Gasteiger partial charge in [0.2, 0.25) is 0 Å². The predicted octanol–water partition coefficient (Wildman–Crippen LogP) is 1.04. The molecule has 3 nitrogen and oxygen atoms in total. The van der Waals surface area contributed by atoms with E-state index in [1.165, 1.54) is 0 Å². The quantitative estimate of drug-likeness (QED) is 0.682. The van der Waals surface area contributed by atoms with Crippen LogP contribution >= 0.6 is 0 Å². The SMILES string of the molecule is CCOCC1NC=CC=C1OC. The maximum Gasteiger partial charge on any atom is 0.120 e. The molecule has 1 atom stereocenters. The van der Waals surface area contributed by atoms with Crippen LogP contribution in [0.5, 0.6) is 0 Å². The Labute approximate surface area is 73.1 Å². The third-order valence-corrected chi connectivity index (χ3v) is 1.72. The summed E-state index contributed by atoms with van der Waals surface area (Å²) in [5, 5.41) is 3.16. The van der Waals surface area contributed by atoms with E-state index in [0.717, 1.165) is 12.4 Å². The van der Waals surface area contributed by atoms with E-state index in [4.69, 9.17) is 9.47 Å². The molecule has 3 heteroatoms. The second kappa shape index (κ2) is 4.83. The summed E-state index contributed by atoms with van der Waals surface area (Å²) in [6.45, 7) is 3.37. The topological polar surface area (TPSA) is 30.5 Å². The minimum Gasteiger partial charge on any atom is -0.499 e. The van der Waals surface area contributed by atoms with Crippen molar-refractivity contribution in [2.75, 3.05) is 20.3 Å². The molecule has 0 bridgehead atoms. The van der Waals surface area contributed by atoms with Crippen molar-refractivity contribution >= 4 is 0 Å². The monoisotopic (exact) mass is 169 g/mol. The molecule has 0 aromatic heterocycles. The number of ether oxygens (including phenoxy) is 2. The highest BCUT2D eigenvalue weighted by atomic mass is 16.5. The molecule has 12 heavy (non-hydrogen) atoms. The highest BCUT2D eigenvalue weighted by Gasteiger charge is 2.14. The molecule has 1 rings (SSSR count). The highest BCUT2D eigenvalue weighted by molar-refractivity contribution is 5.18. The zero-order valence-electron chi connectivity index (χ0n) is 7.54. The molecule has 0 aromatic carbocycles. The average molecular weight is 169 g/mol. The van der Waals surface area contributed by atoms with Crippen LogP contribution in [0.4, 0.5) is 0 Å². The fourth-order valence-corrected chi connectivity index (χ4v) is 1.09. The van der Waals surface area contributed by atoms with Crippen molar-refractivity contribution < 1.29 is 9.47 Å². The van der Waals surface area contributed by atoms with E-state index in [0.29, 0.717) is 6.61 Å². The first-order valence-corrected chi connectivity index (χ1v) is 4.13. The first kappa shape index (κ1) is 9.13. The molecule has 0 aromatic rings. The first-order valence-electron chi connectivity index (χ1n) is 4.13. The van der Waals surface area contributed by atoms with E-state index >= 15 is 0 Å². The van der Waals surface area contributed by atoms with Crippen LogP contribution in [0.1, 0.15) is 6.92 Å². The molecule has 0 saturated heterocycles. The Kier molecular flexibility index (Phi) is 3.67. The van der Waals surface area contributed by atoms with Crippen molar-refractivity contribution in [3.63, 3.8) is 0 Å². The maximum absolute atomic E-state index is 5.29. The lowest BCUT2D eigenvalue weighted by molar-refractivity contribution is 0.115. The molecule has 1 aliphatic heterocycles. The van der Waals surface area contributed by atoms with E-state index < -0.39 is 0 Å². The molecule has 68 valence electrons. The van der Waals surface area contributed by atoms with Gasteiger partial charge in [0.25, 0.3) is 0 Å². The van der Waals surface area contributed by atoms with Gasteiger partial charge in [-0.05, 0) is 25.3 Å². The third-order valence-electron chi connectivity index (χ3n) is 1.72. The highest BCUT2D eigenvalue weighted by Crippen LogP contribution is 2.08. The Hall–Kier alpha value is -0.960. The van der Waals surface area contributed by atoms with Crippen LogP contribution in [-0.2, 0) is 9.47 Å². The molecule has 0 radical (unpaired) electrons. The van der Waals surface area contributed by atoms with Gasteiger partial charge in [0, 0.05) is 6.61 Å². The molecule has 1 aliphatic rings. The molecular weight excluding hydrogens is 154 g/mol. The maximum atomic E-state index is 5.29. The fraction of sp³-hybridized carbons (Fsp3) is 0.556. The van der Waals surface area contributed by atoms with Crippen LogP contribution in [0.2, 0.25) is 0 Å². The Balaban J connectivity index is 2.42. The number of rotatable bonds is 4. The molecule has 1 unspecified atom stereocenters. The van der Waals surface area contributed by atoms with Crippen molar-refractivity contribution in [3.05, 3.63) is 24.1 Å². The smallest absolute Gasteiger partial charge is 0.120 e. The Morgan fingerprint density at radius 3 is 3.08 bits per heavy atom. The van der Waals surface area contributed by atoms with Crippen LogP contribution < -0.4 is 5.32 Å². The Bertz CT molecular complexity index is 187. The predicted molar refractivity (Wildman–Crippen MR) is 47.6 cm³/mol. The Morgan fingerprint density at radius 2 is 2.42 bits per heavy atom. The minimum atomic E-state index is 0.167. The van der Waals surface area contributed by atoms with Crippen molar-refractivity contribution in [1.82, 2.24) is 5.32 Å². The van der Waals surface area contributed by atoms with E-state index in [1.807, 2.05) is 25.3 Å². The second-order valence-electron chi connectivity index (χ2n) is 2.51. The molecule has 1 N–H and O–H groups in total. The molecule has 0 fully saturated rings. The third kappa shape index (κ3) is 2.27. The zero-order valence-corrected chi connectivity index (χ0v) is 7.54. The van der Waals surface area contributed by atoms with Gasteiger partial charge in [-0.2, -0.15) is 0 Å². The van der Waals surface area contributed by atoms with E-state index in [2.05, 4.69) is 5.32 Å². The van der Waals surface area contributed by atoms with Crippen LogP contribution in [0.15, 0.2) is 24.1 Å². The molecular formula is C9H15NO2. The van der Waals surface area contributed by atoms with Crippen molar-refractivity contribution in [2.45, 2.75) is 13.0 Å². The summed E-state index contributed by atoms with van der Waals surface area (Å²) in [5.74, 6) is 0.922. The molecule has 0 amide bonds. The fourth-order valence-electron chi connectivity index (χ4n) is 1.09. The lowest BCUT2D eigenvalue weighted by Gasteiger charge is -2.21. The van der Waals surface area contributed by atoms with Gasteiger partial charge in [0.05, 0.1) is 13.7 Å². The molecule has 0 aliphatic carbocycles. The summed E-state index contributed by atoms with van der Waals surface area (Å²) in [5.41, 5.74) is 0. The number of hydrogen-bond acceptors (Lipinski definition) is 3. The minimum absolute atomic E-state index is 0.167. The van der Waals surface area contributed by atoms with Gasteiger partial charge in [-0.25, -0.2) is 0 Å². The van der Waals surface area contributed by atoms with Gasteiger partial charge in [-0.15, -0.1) is 0 Å². The van der Waals surface area contributed by atoms with Gasteiger partial charge >= 0.3 is 0 Å². The van der Waals surface area contributed by atoms with E-state index in [1.54, 1.807) is 7.11 Å². The standard InChI is InChI=1S/C9H15NO2/c1-3-12-7-8-9(11-2)5-4-6-10-8/h4-6,8,10H,3,7H2,1-2H3. The van der Waals surface area contributed by atoms with Crippen LogP contribution in [0.3, 0.4) is 0 Å². The van der Waals surface area contributed by atoms with Gasteiger partial charge in [-0.1, -0.05) is 0 Å². The summed E-state index contributed by atoms with van der Waals surface area (Å²) in [6, 6.07) is 0.167. The van der Waals surface area contributed by atoms with Crippen molar-refractivity contribution in [3.8, 4) is 0 Å². The number of hydrogen-bond donors (Lipinski definition) is 1. The average Bonchev–Trinajstić information content (AvgIpc) is 2.15. The number of allylic oxidation sites excluding steroid dienone is 2. The number of methoxy groups -OCH3 is 1. The van der Waals surface area contributed by atoms with Crippen LogP contribution in [-0.4, -0.2) is 26.4 Å². The number of dihydropyridines is 1. The van der Waals surface area contributed by atoms with Crippen molar-refractivity contribution in [2.24, 2.45) is 0 Å². The van der Waals surface area contributed by atoms with Gasteiger partial charge in [0.15, 0.2) is 0 Å². The zero-order chi connectivity index (χ0) is 8.81. The van der Waals surface area contributed by atoms with E-state index in [9.17, 15) is 0 Å². The largest absolute Gasteiger partial charge is 0.499 e. The first-order chi connectivity index (χ1) is 5.88. The molecule has 0 spiro atoms.